The second-order valence-electron chi connectivity index (χ2n) is 10.5. The van der Waals surface area contributed by atoms with Crippen LogP contribution in [0.3, 0.4) is 0 Å². The van der Waals surface area contributed by atoms with Crippen molar-refractivity contribution in [2.24, 2.45) is 16.7 Å². The molecule has 3 fully saturated rings. The lowest BCUT2D eigenvalue weighted by Crippen LogP contribution is -2.59. The van der Waals surface area contributed by atoms with E-state index >= 15 is 0 Å². The third-order valence-corrected chi connectivity index (χ3v) is 7.68. The maximum atomic E-state index is 13.4. The fourth-order valence-corrected chi connectivity index (χ4v) is 6.31. The van der Waals surface area contributed by atoms with Gasteiger partial charge in [-0.3, -0.25) is 9.69 Å². The first-order valence-electron chi connectivity index (χ1n) is 11.8. The molecule has 1 amide bonds. The summed E-state index contributed by atoms with van der Waals surface area (Å²) in [5.41, 5.74) is 2.38. The van der Waals surface area contributed by atoms with Gasteiger partial charge in [-0.15, -0.1) is 0 Å². The van der Waals surface area contributed by atoms with E-state index in [4.69, 9.17) is 9.47 Å². The van der Waals surface area contributed by atoms with Crippen LogP contribution in [-0.2, 0) is 11.3 Å². The van der Waals surface area contributed by atoms with Crippen molar-refractivity contribution in [3.05, 3.63) is 65.7 Å². The minimum Gasteiger partial charge on any atom is -0.489 e. The molecule has 2 saturated heterocycles. The Morgan fingerprint density at radius 1 is 1.06 bits per heavy atom. The molecule has 2 aliphatic heterocycles. The topological polar surface area (TPSA) is 42.0 Å². The highest BCUT2D eigenvalue weighted by molar-refractivity contribution is 5.94. The number of hydrogen-bond acceptors (Lipinski definition) is 4. The second kappa shape index (κ2) is 8.53. The first kappa shape index (κ1) is 21.5. The molecule has 3 aliphatic rings. The number of morpholine rings is 1. The quantitative estimate of drug-likeness (QED) is 0.687. The number of nitrogens with zero attached hydrogens (tertiary/aromatic N) is 2. The molecule has 170 valence electrons. The van der Waals surface area contributed by atoms with Crippen LogP contribution in [0.15, 0.2) is 54.6 Å². The van der Waals surface area contributed by atoms with Crippen LogP contribution < -0.4 is 4.74 Å². The summed E-state index contributed by atoms with van der Waals surface area (Å²) in [6, 6.07) is 17.7. The van der Waals surface area contributed by atoms with Crippen molar-refractivity contribution in [1.29, 1.82) is 0 Å². The molecular weight excluding hydrogens is 400 g/mol. The predicted octanol–water partition coefficient (Wildman–Crippen LogP) is 4.09. The normalized spacial score (nSPS) is 26.9. The van der Waals surface area contributed by atoms with Crippen molar-refractivity contribution >= 4 is 5.91 Å². The number of fused-ring (bicyclic) bond motifs is 1. The number of carbonyl (C=O) groups excluding carboxylic acids is 1. The van der Waals surface area contributed by atoms with E-state index in [-0.39, 0.29) is 11.3 Å². The minimum absolute atomic E-state index is 0.159. The molecule has 0 unspecified atom stereocenters. The number of likely N-dealkylation sites (tertiary alicyclic amines) is 1. The van der Waals surface area contributed by atoms with Gasteiger partial charge in [-0.25, -0.2) is 0 Å². The number of ether oxygens (including phenoxy) is 2. The molecule has 5 heteroatoms. The van der Waals surface area contributed by atoms with Crippen molar-refractivity contribution in [2.75, 3.05) is 45.9 Å². The van der Waals surface area contributed by atoms with Crippen LogP contribution in [0, 0.1) is 16.7 Å². The van der Waals surface area contributed by atoms with E-state index in [9.17, 15) is 4.79 Å². The summed E-state index contributed by atoms with van der Waals surface area (Å²) in [4.78, 5) is 18.0. The Kier molecular flexibility index (Phi) is 5.72. The fourth-order valence-electron chi connectivity index (χ4n) is 6.31. The molecule has 2 aromatic rings. The molecule has 5 rings (SSSR count). The van der Waals surface area contributed by atoms with Crippen LogP contribution in [0.25, 0.3) is 0 Å². The van der Waals surface area contributed by atoms with Gasteiger partial charge in [0.05, 0.1) is 13.2 Å². The van der Waals surface area contributed by atoms with E-state index in [0.717, 1.165) is 62.8 Å². The Bertz CT molecular complexity index is 937. The number of amides is 1. The largest absolute Gasteiger partial charge is 0.489 e. The van der Waals surface area contributed by atoms with Crippen molar-refractivity contribution < 1.29 is 14.3 Å². The molecule has 1 aliphatic carbocycles. The van der Waals surface area contributed by atoms with Gasteiger partial charge in [-0.2, -0.15) is 0 Å². The molecule has 1 saturated carbocycles. The molecule has 0 spiro atoms. The molecule has 2 heterocycles. The van der Waals surface area contributed by atoms with Gasteiger partial charge in [0.1, 0.15) is 12.4 Å². The average Bonchev–Trinajstić information content (AvgIpc) is 3.13. The third-order valence-electron chi connectivity index (χ3n) is 7.68. The van der Waals surface area contributed by atoms with E-state index in [1.165, 1.54) is 6.42 Å². The predicted molar refractivity (Wildman–Crippen MR) is 125 cm³/mol. The second-order valence-corrected chi connectivity index (χ2v) is 10.5. The van der Waals surface area contributed by atoms with Crippen molar-refractivity contribution in [2.45, 2.75) is 26.9 Å². The number of carbonyl (C=O) groups is 1. The van der Waals surface area contributed by atoms with Gasteiger partial charge < -0.3 is 14.4 Å². The highest BCUT2D eigenvalue weighted by Crippen LogP contribution is 2.63. The lowest BCUT2D eigenvalue weighted by atomic mass is 9.48. The summed E-state index contributed by atoms with van der Waals surface area (Å²) in [6.07, 6.45) is 1.20. The van der Waals surface area contributed by atoms with Crippen LogP contribution in [0.2, 0.25) is 0 Å². The summed E-state index contributed by atoms with van der Waals surface area (Å²) in [7, 11) is 0. The Morgan fingerprint density at radius 3 is 2.47 bits per heavy atom. The molecule has 0 N–H and O–H groups in total. The van der Waals surface area contributed by atoms with E-state index in [1.54, 1.807) is 0 Å². The maximum Gasteiger partial charge on any atom is 0.253 e. The molecule has 0 aromatic heterocycles. The van der Waals surface area contributed by atoms with E-state index in [2.05, 4.69) is 23.6 Å². The van der Waals surface area contributed by atoms with Crippen molar-refractivity contribution in [3.63, 3.8) is 0 Å². The van der Waals surface area contributed by atoms with Crippen LogP contribution in [0.5, 0.6) is 5.75 Å². The molecule has 0 radical (unpaired) electrons. The Balaban J connectivity index is 1.23. The highest BCUT2D eigenvalue weighted by Gasteiger charge is 2.63. The lowest BCUT2D eigenvalue weighted by molar-refractivity contribution is -0.0966. The SMILES string of the molecule is CC1(C)C[C@]2(CN3CCOCC3)CN(C(=O)c3ccc(COc4ccccc4)cc3)C[C@H]12. The molecule has 0 bridgehead atoms. The van der Waals surface area contributed by atoms with E-state index < -0.39 is 0 Å². The van der Waals surface area contributed by atoms with Crippen molar-refractivity contribution in [3.8, 4) is 5.75 Å². The van der Waals surface area contributed by atoms with Gasteiger partial charge in [-0.1, -0.05) is 44.2 Å². The maximum absolute atomic E-state index is 13.4. The van der Waals surface area contributed by atoms with Crippen LogP contribution >= 0.6 is 0 Å². The number of hydrogen-bond donors (Lipinski definition) is 0. The Morgan fingerprint density at radius 2 is 1.78 bits per heavy atom. The van der Waals surface area contributed by atoms with Crippen LogP contribution in [0.4, 0.5) is 0 Å². The van der Waals surface area contributed by atoms with Gasteiger partial charge in [0.15, 0.2) is 0 Å². The molecule has 2 aromatic carbocycles. The van der Waals surface area contributed by atoms with E-state index in [1.807, 2.05) is 54.6 Å². The zero-order chi connectivity index (χ0) is 22.2. The Labute approximate surface area is 191 Å². The fraction of sp³-hybridized carbons (Fsp3) is 0.519. The number of rotatable bonds is 6. The van der Waals surface area contributed by atoms with Crippen LogP contribution in [0.1, 0.15) is 36.2 Å². The van der Waals surface area contributed by atoms with Gasteiger partial charge >= 0.3 is 0 Å². The first-order valence-corrected chi connectivity index (χ1v) is 11.8. The summed E-state index contributed by atoms with van der Waals surface area (Å²) < 4.78 is 11.4. The monoisotopic (exact) mass is 434 g/mol. The minimum atomic E-state index is 0.159. The molecular formula is C27H34N2O3. The molecule has 5 nitrogen and oxygen atoms in total. The van der Waals surface area contributed by atoms with Gasteiger partial charge in [-0.05, 0) is 47.6 Å². The van der Waals surface area contributed by atoms with Gasteiger partial charge in [0.2, 0.25) is 0 Å². The molecule has 2 atom stereocenters. The smallest absolute Gasteiger partial charge is 0.253 e. The zero-order valence-corrected chi connectivity index (χ0v) is 19.3. The van der Waals surface area contributed by atoms with E-state index in [0.29, 0.717) is 17.9 Å². The van der Waals surface area contributed by atoms with Gasteiger partial charge in [0.25, 0.3) is 5.91 Å². The lowest BCUT2D eigenvalue weighted by Gasteiger charge is -2.58. The summed E-state index contributed by atoms with van der Waals surface area (Å²) >= 11 is 0. The first-order chi connectivity index (χ1) is 15.5. The molecule has 32 heavy (non-hydrogen) atoms. The number of benzene rings is 2. The highest BCUT2D eigenvalue weighted by atomic mass is 16.5. The van der Waals surface area contributed by atoms with Crippen molar-refractivity contribution in [1.82, 2.24) is 9.80 Å². The number of para-hydroxylation sites is 1. The standard InChI is InChI=1S/C27H34N2O3/c1-26(2)18-27(19-28-12-14-31-15-13-28)20-29(16-24(26)27)25(30)22-10-8-21(9-11-22)17-32-23-6-4-3-5-7-23/h3-11,24H,12-20H2,1-2H3/t24-,27+/m1/s1. The summed E-state index contributed by atoms with van der Waals surface area (Å²) in [6.45, 7) is 11.7. The third kappa shape index (κ3) is 4.16. The average molecular weight is 435 g/mol. The summed E-state index contributed by atoms with van der Waals surface area (Å²) in [5.74, 6) is 1.58. The van der Waals surface area contributed by atoms with Crippen LogP contribution in [-0.4, -0.2) is 61.6 Å². The Hall–Kier alpha value is -2.37. The summed E-state index contributed by atoms with van der Waals surface area (Å²) in [5, 5.41) is 0. The van der Waals surface area contributed by atoms with Gasteiger partial charge in [0, 0.05) is 43.7 Å². The zero-order valence-electron chi connectivity index (χ0n) is 19.3.